The Labute approximate surface area is 93.2 Å². The lowest BCUT2D eigenvalue weighted by molar-refractivity contribution is 0.0644. The fourth-order valence-electron chi connectivity index (χ4n) is 2.08. The molecule has 0 amide bonds. The number of aliphatic hydroxyl groups is 1. The Morgan fingerprint density at radius 2 is 2.00 bits per heavy atom. The molecule has 15 heavy (non-hydrogen) atoms. The van der Waals surface area contributed by atoms with Crippen LogP contribution in [0.5, 0.6) is 0 Å². The van der Waals surface area contributed by atoms with E-state index in [9.17, 15) is 0 Å². The quantitative estimate of drug-likeness (QED) is 0.704. The molecule has 0 aromatic heterocycles. The molecule has 1 unspecified atom stereocenters. The van der Waals surface area contributed by atoms with Crippen LogP contribution in [0.4, 0.5) is 0 Å². The highest BCUT2D eigenvalue weighted by Gasteiger charge is 2.17. The van der Waals surface area contributed by atoms with E-state index < -0.39 is 0 Å². The number of nitrogens with one attached hydrogen (secondary N) is 1. The zero-order valence-corrected chi connectivity index (χ0v) is 10.0. The predicted octanol–water partition coefficient (Wildman–Crippen LogP) is 1.41. The summed E-state index contributed by atoms with van der Waals surface area (Å²) in [7, 11) is 0. The van der Waals surface area contributed by atoms with Crippen molar-refractivity contribution in [2.75, 3.05) is 26.4 Å². The normalized spacial score (nSPS) is 20.8. The Morgan fingerprint density at radius 1 is 1.33 bits per heavy atom. The van der Waals surface area contributed by atoms with Crippen molar-refractivity contribution in [3.8, 4) is 0 Å². The van der Waals surface area contributed by atoms with Gasteiger partial charge in [0.1, 0.15) is 0 Å². The third kappa shape index (κ3) is 4.96. The van der Waals surface area contributed by atoms with Gasteiger partial charge in [0.25, 0.3) is 0 Å². The monoisotopic (exact) mass is 215 g/mol. The topological polar surface area (TPSA) is 41.5 Å². The summed E-state index contributed by atoms with van der Waals surface area (Å²) < 4.78 is 5.33. The Morgan fingerprint density at radius 3 is 2.53 bits per heavy atom. The molecule has 3 nitrogen and oxygen atoms in total. The first-order valence-electron chi connectivity index (χ1n) is 6.16. The highest BCUT2D eigenvalue weighted by molar-refractivity contribution is 4.73. The van der Waals surface area contributed by atoms with E-state index in [0.717, 1.165) is 32.1 Å². The van der Waals surface area contributed by atoms with E-state index in [1.54, 1.807) is 0 Å². The van der Waals surface area contributed by atoms with Gasteiger partial charge in [-0.3, -0.25) is 0 Å². The Kier molecular flexibility index (Phi) is 6.22. The van der Waals surface area contributed by atoms with Gasteiger partial charge in [-0.1, -0.05) is 13.8 Å². The predicted molar refractivity (Wildman–Crippen MR) is 61.9 cm³/mol. The van der Waals surface area contributed by atoms with Gasteiger partial charge < -0.3 is 15.2 Å². The second kappa shape index (κ2) is 7.20. The van der Waals surface area contributed by atoms with Gasteiger partial charge in [-0.2, -0.15) is 0 Å². The van der Waals surface area contributed by atoms with Crippen LogP contribution < -0.4 is 5.32 Å². The maximum atomic E-state index is 8.96. The molecule has 0 spiro atoms. The lowest BCUT2D eigenvalue weighted by Gasteiger charge is -2.27. The van der Waals surface area contributed by atoms with Crippen molar-refractivity contribution in [2.24, 2.45) is 11.8 Å². The average Bonchev–Trinajstić information content (AvgIpc) is 2.25. The first-order valence-corrected chi connectivity index (χ1v) is 6.16. The summed E-state index contributed by atoms with van der Waals surface area (Å²) in [5, 5.41) is 12.5. The van der Waals surface area contributed by atoms with Crippen molar-refractivity contribution in [1.29, 1.82) is 0 Å². The molecule has 0 radical (unpaired) electrons. The second-order valence-corrected chi connectivity index (χ2v) is 4.83. The lowest BCUT2D eigenvalue weighted by Crippen LogP contribution is -2.39. The Hall–Kier alpha value is -0.120. The van der Waals surface area contributed by atoms with E-state index in [-0.39, 0.29) is 6.61 Å². The maximum Gasteiger partial charge on any atom is 0.0469 e. The highest BCUT2D eigenvalue weighted by Crippen LogP contribution is 2.14. The molecule has 1 aliphatic heterocycles. The molecule has 1 saturated heterocycles. The van der Waals surface area contributed by atoms with Crippen LogP contribution in [0.25, 0.3) is 0 Å². The zero-order chi connectivity index (χ0) is 11.1. The summed E-state index contributed by atoms with van der Waals surface area (Å²) in [4.78, 5) is 0. The van der Waals surface area contributed by atoms with Crippen LogP contribution in [0, 0.1) is 11.8 Å². The smallest absolute Gasteiger partial charge is 0.0469 e. The van der Waals surface area contributed by atoms with Gasteiger partial charge in [-0.05, 0) is 37.6 Å². The van der Waals surface area contributed by atoms with Gasteiger partial charge in [-0.25, -0.2) is 0 Å². The van der Waals surface area contributed by atoms with Gasteiger partial charge >= 0.3 is 0 Å². The molecular formula is C12H25NO2. The molecule has 2 N–H and O–H groups in total. The molecule has 0 aromatic carbocycles. The van der Waals surface area contributed by atoms with Gasteiger partial charge in [0.2, 0.25) is 0 Å². The van der Waals surface area contributed by atoms with Crippen LogP contribution in [0.1, 0.15) is 33.1 Å². The minimum atomic E-state index is 0.281. The zero-order valence-electron chi connectivity index (χ0n) is 10.0. The molecule has 1 aliphatic rings. The van der Waals surface area contributed by atoms with E-state index in [2.05, 4.69) is 19.2 Å². The summed E-state index contributed by atoms with van der Waals surface area (Å²) in [6.07, 6.45) is 3.22. The molecule has 1 heterocycles. The largest absolute Gasteiger partial charge is 0.396 e. The number of rotatable bonds is 6. The summed E-state index contributed by atoms with van der Waals surface area (Å²) >= 11 is 0. The molecular weight excluding hydrogens is 190 g/mol. The molecule has 0 aromatic rings. The van der Waals surface area contributed by atoms with Crippen molar-refractivity contribution < 1.29 is 9.84 Å². The lowest BCUT2D eigenvalue weighted by atomic mass is 9.97. The second-order valence-electron chi connectivity index (χ2n) is 4.83. The van der Waals surface area contributed by atoms with E-state index in [1.165, 1.54) is 12.8 Å². The minimum absolute atomic E-state index is 0.281. The first kappa shape index (κ1) is 12.9. The minimum Gasteiger partial charge on any atom is -0.396 e. The van der Waals surface area contributed by atoms with Crippen LogP contribution >= 0.6 is 0 Å². The molecule has 90 valence electrons. The highest BCUT2D eigenvalue weighted by atomic mass is 16.5. The molecule has 0 bridgehead atoms. The Bertz CT molecular complexity index is 156. The fourth-order valence-corrected chi connectivity index (χ4v) is 2.08. The van der Waals surface area contributed by atoms with E-state index in [1.807, 2.05) is 0 Å². The summed E-state index contributed by atoms with van der Waals surface area (Å²) in [6.45, 7) is 7.60. The summed E-state index contributed by atoms with van der Waals surface area (Å²) in [5.41, 5.74) is 0. The number of aliphatic hydroxyl groups excluding tert-OH is 1. The fraction of sp³-hybridized carbons (Fsp3) is 1.00. The van der Waals surface area contributed by atoms with Crippen molar-refractivity contribution in [1.82, 2.24) is 5.32 Å². The molecule has 1 rings (SSSR count). The molecule has 0 aliphatic carbocycles. The molecule has 1 fully saturated rings. The van der Waals surface area contributed by atoms with E-state index in [0.29, 0.717) is 12.0 Å². The molecule has 0 saturated carbocycles. The standard InChI is InChI=1S/C12H25NO2/c1-10(2)12(3-6-14)13-9-11-4-7-15-8-5-11/h10-14H,3-9H2,1-2H3. The van der Waals surface area contributed by atoms with Crippen LogP contribution in [-0.4, -0.2) is 37.5 Å². The van der Waals surface area contributed by atoms with Gasteiger partial charge in [0.15, 0.2) is 0 Å². The third-order valence-electron chi connectivity index (χ3n) is 3.25. The first-order chi connectivity index (χ1) is 7.24. The average molecular weight is 215 g/mol. The van der Waals surface area contributed by atoms with Crippen LogP contribution in [0.3, 0.4) is 0 Å². The number of hydrogen-bond acceptors (Lipinski definition) is 3. The molecule has 1 atom stereocenters. The number of hydrogen-bond donors (Lipinski definition) is 2. The van der Waals surface area contributed by atoms with Gasteiger partial charge in [-0.15, -0.1) is 0 Å². The van der Waals surface area contributed by atoms with Crippen LogP contribution in [0.2, 0.25) is 0 Å². The summed E-state index contributed by atoms with van der Waals surface area (Å²) in [6, 6.07) is 0.456. The van der Waals surface area contributed by atoms with Crippen molar-refractivity contribution >= 4 is 0 Å². The van der Waals surface area contributed by atoms with Crippen LogP contribution in [0.15, 0.2) is 0 Å². The Balaban J connectivity index is 2.19. The van der Waals surface area contributed by atoms with E-state index >= 15 is 0 Å². The summed E-state index contributed by atoms with van der Waals surface area (Å²) in [5.74, 6) is 1.36. The van der Waals surface area contributed by atoms with Crippen molar-refractivity contribution in [2.45, 2.75) is 39.2 Å². The van der Waals surface area contributed by atoms with Gasteiger partial charge in [0.05, 0.1) is 0 Å². The van der Waals surface area contributed by atoms with Gasteiger partial charge in [0, 0.05) is 25.9 Å². The van der Waals surface area contributed by atoms with E-state index in [4.69, 9.17) is 9.84 Å². The molecule has 3 heteroatoms. The SMILES string of the molecule is CC(C)C(CCO)NCC1CCOCC1. The maximum absolute atomic E-state index is 8.96. The number of ether oxygens (including phenoxy) is 1. The third-order valence-corrected chi connectivity index (χ3v) is 3.25. The van der Waals surface area contributed by atoms with Crippen molar-refractivity contribution in [3.63, 3.8) is 0 Å². The van der Waals surface area contributed by atoms with Crippen molar-refractivity contribution in [3.05, 3.63) is 0 Å². The van der Waals surface area contributed by atoms with Crippen LogP contribution in [-0.2, 0) is 4.74 Å².